The van der Waals surface area contributed by atoms with E-state index in [0.717, 1.165) is 0 Å². The lowest BCUT2D eigenvalue weighted by molar-refractivity contribution is 0.214. The second-order valence-electron chi connectivity index (χ2n) is 4.67. The monoisotopic (exact) mass is 276 g/mol. The molecular formula is C15H14F2N2O. The average Bonchev–Trinajstić information content (AvgIpc) is 2.46. The first-order valence-corrected chi connectivity index (χ1v) is 6.38. The van der Waals surface area contributed by atoms with E-state index in [2.05, 4.69) is 5.32 Å². The van der Waals surface area contributed by atoms with Crippen molar-refractivity contribution in [2.45, 2.75) is 6.10 Å². The Kier molecular flexibility index (Phi) is 3.28. The molecule has 5 heteroatoms. The smallest absolute Gasteiger partial charge is 0.151 e. The van der Waals surface area contributed by atoms with E-state index in [4.69, 9.17) is 10.5 Å². The molecule has 3 N–H and O–H groups in total. The van der Waals surface area contributed by atoms with Crippen LogP contribution in [0, 0.1) is 11.6 Å². The predicted octanol–water partition coefficient (Wildman–Crippen LogP) is 2.76. The van der Waals surface area contributed by atoms with Crippen LogP contribution in [0.1, 0.15) is 0 Å². The number of nitrogens with one attached hydrogen (secondary N) is 1. The number of halogens is 2. The summed E-state index contributed by atoms with van der Waals surface area (Å²) in [6.45, 7) is 0.837. The molecular weight excluding hydrogens is 262 g/mol. The van der Waals surface area contributed by atoms with Crippen LogP contribution in [0.2, 0.25) is 0 Å². The molecule has 1 aliphatic rings. The molecule has 1 heterocycles. The van der Waals surface area contributed by atoms with Crippen molar-refractivity contribution >= 4 is 5.69 Å². The van der Waals surface area contributed by atoms with Gasteiger partial charge in [-0.25, -0.2) is 8.78 Å². The third-order valence-electron chi connectivity index (χ3n) is 3.29. The molecule has 104 valence electrons. The Labute approximate surface area is 115 Å². The van der Waals surface area contributed by atoms with Crippen molar-refractivity contribution in [2.75, 3.05) is 18.4 Å². The number of anilines is 1. The van der Waals surface area contributed by atoms with E-state index in [1.54, 1.807) is 18.2 Å². The van der Waals surface area contributed by atoms with Gasteiger partial charge < -0.3 is 15.8 Å². The molecule has 3 nitrogen and oxygen atoms in total. The molecule has 0 aliphatic carbocycles. The highest BCUT2D eigenvalue weighted by molar-refractivity contribution is 5.79. The van der Waals surface area contributed by atoms with Crippen LogP contribution in [0.15, 0.2) is 36.4 Å². The SMILES string of the molecule is NC[C@H]1CNc2cc(F)cc(-c3ccccc3F)c2O1. The van der Waals surface area contributed by atoms with Gasteiger partial charge in [-0.3, -0.25) is 0 Å². The number of hydrogen-bond acceptors (Lipinski definition) is 3. The normalized spacial score (nSPS) is 17.1. The molecule has 0 unspecified atom stereocenters. The standard InChI is InChI=1S/C15H14F2N2O/c16-9-5-12(11-3-1-2-4-13(11)17)15-14(6-9)19-8-10(7-18)20-15/h1-6,10,19H,7-8,18H2/t10-/m0/s1. The van der Waals surface area contributed by atoms with Crippen LogP contribution in [0.25, 0.3) is 11.1 Å². The van der Waals surface area contributed by atoms with E-state index in [0.29, 0.717) is 35.7 Å². The molecule has 2 aromatic rings. The molecule has 0 radical (unpaired) electrons. The van der Waals surface area contributed by atoms with Crippen molar-refractivity contribution in [1.29, 1.82) is 0 Å². The Bertz CT molecular complexity index is 646. The van der Waals surface area contributed by atoms with Gasteiger partial charge in [-0.1, -0.05) is 18.2 Å². The summed E-state index contributed by atoms with van der Waals surface area (Å²) in [5, 5.41) is 3.07. The van der Waals surface area contributed by atoms with Gasteiger partial charge in [0.05, 0.1) is 12.2 Å². The van der Waals surface area contributed by atoms with Crippen molar-refractivity contribution in [1.82, 2.24) is 0 Å². The maximum atomic E-state index is 13.9. The van der Waals surface area contributed by atoms with Crippen molar-refractivity contribution in [3.63, 3.8) is 0 Å². The Balaban J connectivity index is 2.16. The Hall–Kier alpha value is -2.14. The number of rotatable bonds is 2. The molecule has 2 aromatic carbocycles. The summed E-state index contributed by atoms with van der Waals surface area (Å²) in [5.41, 5.74) is 6.82. The van der Waals surface area contributed by atoms with E-state index < -0.39 is 11.6 Å². The molecule has 20 heavy (non-hydrogen) atoms. The zero-order valence-corrected chi connectivity index (χ0v) is 10.7. The maximum absolute atomic E-state index is 13.9. The lowest BCUT2D eigenvalue weighted by Crippen LogP contribution is -2.37. The Morgan fingerprint density at radius 1 is 1.20 bits per heavy atom. The average molecular weight is 276 g/mol. The van der Waals surface area contributed by atoms with Crippen molar-refractivity contribution in [2.24, 2.45) is 5.73 Å². The van der Waals surface area contributed by atoms with Gasteiger partial charge in [-0.05, 0) is 12.1 Å². The van der Waals surface area contributed by atoms with Crippen LogP contribution >= 0.6 is 0 Å². The molecule has 1 aliphatic heterocycles. The largest absolute Gasteiger partial charge is 0.484 e. The highest BCUT2D eigenvalue weighted by Crippen LogP contribution is 2.40. The topological polar surface area (TPSA) is 47.3 Å². The van der Waals surface area contributed by atoms with Crippen molar-refractivity contribution in [3.8, 4) is 16.9 Å². The zero-order chi connectivity index (χ0) is 14.1. The number of nitrogens with two attached hydrogens (primary N) is 1. The molecule has 0 spiro atoms. The fourth-order valence-corrected chi connectivity index (χ4v) is 2.30. The van der Waals surface area contributed by atoms with Crippen LogP contribution in [0.5, 0.6) is 5.75 Å². The molecule has 1 atom stereocenters. The molecule has 0 saturated heterocycles. The van der Waals surface area contributed by atoms with Crippen LogP contribution in [0.3, 0.4) is 0 Å². The van der Waals surface area contributed by atoms with Gasteiger partial charge in [0.2, 0.25) is 0 Å². The van der Waals surface area contributed by atoms with E-state index in [1.165, 1.54) is 18.2 Å². The van der Waals surface area contributed by atoms with Crippen LogP contribution in [-0.4, -0.2) is 19.2 Å². The zero-order valence-electron chi connectivity index (χ0n) is 10.7. The first kappa shape index (κ1) is 12.9. The summed E-state index contributed by atoms with van der Waals surface area (Å²) in [6.07, 6.45) is -0.210. The van der Waals surface area contributed by atoms with Crippen LogP contribution in [-0.2, 0) is 0 Å². The van der Waals surface area contributed by atoms with Gasteiger partial charge in [0.15, 0.2) is 5.75 Å². The Morgan fingerprint density at radius 2 is 2.00 bits per heavy atom. The minimum Gasteiger partial charge on any atom is -0.484 e. The Morgan fingerprint density at radius 3 is 2.75 bits per heavy atom. The van der Waals surface area contributed by atoms with E-state index >= 15 is 0 Å². The second-order valence-corrected chi connectivity index (χ2v) is 4.67. The van der Waals surface area contributed by atoms with Gasteiger partial charge in [0.1, 0.15) is 17.7 Å². The highest BCUT2D eigenvalue weighted by atomic mass is 19.1. The van der Waals surface area contributed by atoms with Gasteiger partial charge >= 0.3 is 0 Å². The first-order chi connectivity index (χ1) is 9.69. The second kappa shape index (κ2) is 5.09. The first-order valence-electron chi connectivity index (χ1n) is 6.38. The lowest BCUT2D eigenvalue weighted by atomic mass is 10.0. The summed E-state index contributed by atoms with van der Waals surface area (Å²) in [4.78, 5) is 0. The molecule has 0 bridgehead atoms. The van der Waals surface area contributed by atoms with Gasteiger partial charge in [-0.2, -0.15) is 0 Å². The fraction of sp³-hybridized carbons (Fsp3) is 0.200. The number of ether oxygens (including phenoxy) is 1. The van der Waals surface area contributed by atoms with Crippen LogP contribution < -0.4 is 15.8 Å². The molecule has 0 saturated carbocycles. The number of benzene rings is 2. The van der Waals surface area contributed by atoms with Gasteiger partial charge in [-0.15, -0.1) is 0 Å². The fourth-order valence-electron chi connectivity index (χ4n) is 2.30. The predicted molar refractivity (Wildman–Crippen MR) is 73.8 cm³/mol. The molecule has 3 rings (SSSR count). The summed E-state index contributed by atoms with van der Waals surface area (Å²) < 4.78 is 33.4. The maximum Gasteiger partial charge on any atom is 0.151 e. The molecule has 0 fully saturated rings. The number of hydrogen-bond donors (Lipinski definition) is 2. The van der Waals surface area contributed by atoms with Crippen molar-refractivity contribution < 1.29 is 13.5 Å². The summed E-state index contributed by atoms with van der Waals surface area (Å²) in [5.74, 6) is -0.415. The van der Waals surface area contributed by atoms with E-state index in [1.807, 2.05) is 0 Å². The quantitative estimate of drug-likeness (QED) is 0.886. The van der Waals surface area contributed by atoms with Gasteiger partial charge in [0.25, 0.3) is 0 Å². The lowest BCUT2D eigenvalue weighted by Gasteiger charge is -2.28. The minimum atomic E-state index is -0.440. The number of fused-ring (bicyclic) bond motifs is 1. The summed E-state index contributed by atoms with van der Waals surface area (Å²) in [6, 6.07) is 8.84. The third kappa shape index (κ3) is 2.20. The molecule has 0 amide bonds. The summed E-state index contributed by atoms with van der Waals surface area (Å²) in [7, 11) is 0. The van der Waals surface area contributed by atoms with Crippen LogP contribution in [0.4, 0.5) is 14.5 Å². The third-order valence-corrected chi connectivity index (χ3v) is 3.29. The minimum absolute atomic E-state index is 0.210. The highest BCUT2D eigenvalue weighted by Gasteiger charge is 2.23. The summed E-state index contributed by atoms with van der Waals surface area (Å²) >= 11 is 0. The van der Waals surface area contributed by atoms with Crippen molar-refractivity contribution in [3.05, 3.63) is 48.0 Å². The van der Waals surface area contributed by atoms with Gasteiger partial charge in [0, 0.05) is 23.7 Å². The van der Waals surface area contributed by atoms with E-state index in [9.17, 15) is 8.78 Å². The van der Waals surface area contributed by atoms with E-state index in [-0.39, 0.29) is 6.10 Å². The molecule has 0 aromatic heterocycles.